The largest absolute Gasteiger partial charge is 0.309 e. The van der Waals surface area contributed by atoms with Crippen molar-refractivity contribution in [2.45, 2.75) is 38.5 Å². The van der Waals surface area contributed by atoms with Gasteiger partial charge in [0.15, 0.2) is 0 Å². The Hall–Kier alpha value is -5.67. The van der Waals surface area contributed by atoms with E-state index in [9.17, 15) is 0 Å². The molecule has 0 spiro atoms. The van der Waals surface area contributed by atoms with E-state index in [-0.39, 0.29) is 10.8 Å². The average molecular weight is 620 g/mol. The fourth-order valence-corrected chi connectivity index (χ4v) is 8.15. The Kier molecular flexibility index (Phi) is 6.20. The Morgan fingerprint density at radius 3 is 1.94 bits per heavy atom. The normalized spacial score (nSPS) is 15.0. The molecule has 0 amide bonds. The van der Waals surface area contributed by atoms with Gasteiger partial charge in [-0.05, 0) is 87.3 Å². The molecule has 2 aliphatic heterocycles. The van der Waals surface area contributed by atoms with Crippen molar-refractivity contribution in [3.8, 4) is 11.1 Å². The Morgan fingerprint density at radius 2 is 1.15 bits per heavy atom. The van der Waals surface area contributed by atoms with Crippen LogP contribution < -0.4 is 9.80 Å². The first-order chi connectivity index (χ1) is 23.3. The molecule has 3 heteroatoms. The molecular formula is C45H37N3. The first kappa shape index (κ1) is 28.5. The molecule has 0 radical (unpaired) electrons. The molecule has 3 nitrogen and oxygen atoms in total. The number of fused-ring (bicyclic) bond motifs is 5. The van der Waals surface area contributed by atoms with Crippen LogP contribution in [0.2, 0.25) is 0 Å². The van der Waals surface area contributed by atoms with E-state index >= 15 is 0 Å². The molecule has 0 unspecified atom stereocenters. The van der Waals surface area contributed by atoms with Crippen LogP contribution in [0.4, 0.5) is 34.3 Å². The SMILES string of the molecule is CC1(C)c2ccccc2N2c3ccc(-c4ccc(N(c5ccccn5)c5cccc6ccccc56)cc4)cc3C(C)(C)c3cccc1c32. The lowest BCUT2D eigenvalue weighted by molar-refractivity contribution is 0.597. The van der Waals surface area contributed by atoms with Gasteiger partial charge >= 0.3 is 0 Å². The number of aromatic nitrogens is 1. The van der Waals surface area contributed by atoms with E-state index in [2.05, 4.69) is 171 Å². The van der Waals surface area contributed by atoms with Crippen LogP contribution in [0.3, 0.4) is 0 Å². The molecule has 232 valence electrons. The highest BCUT2D eigenvalue weighted by molar-refractivity contribution is 5.99. The van der Waals surface area contributed by atoms with Crippen LogP contribution in [-0.2, 0) is 10.8 Å². The summed E-state index contributed by atoms with van der Waals surface area (Å²) < 4.78 is 0. The van der Waals surface area contributed by atoms with Gasteiger partial charge in [0.2, 0.25) is 0 Å². The summed E-state index contributed by atoms with van der Waals surface area (Å²) in [5.41, 5.74) is 13.7. The minimum Gasteiger partial charge on any atom is -0.309 e. The van der Waals surface area contributed by atoms with Crippen molar-refractivity contribution in [1.82, 2.24) is 4.98 Å². The molecule has 0 fully saturated rings. The zero-order chi connectivity index (χ0) is 32.6. The number of nitrogens with zero attached hydrogens (tertiary/aromatic N) is 3. The number of para-hydroxylation sites is 2. The molecule has 0 bridgehead atoms. The van der Waals surface area contributed by atoms with Crippen molar-refractivity contribution in [3.63, 3.8) is 0 Å². The Morgan fingerprint density at radius 1 is 0.521 bits per heavy atom. The number of rotatable bonds is 4. The first-order valence-electron chi connectivity index (χ1n) is 16.8. The van der Waals surface area contributed by atoms with Gasteiger partial charge in [-0.3, -0.25) is 4.90 Å². The standard InChI is InChI=1S/C45H37N3/c1-44(2)35-16-7-8-19-40(35)48-41-27-24-32(29-38(41)45(3,4)37-18-12-17-36(44)43(37)48)30-22-25-33(26-23-30)47(42-21-9-10-28-46-42)39-20-11-14-31-13-5-6-15-34(31)39/h5-29H,1-4H3. The number of hydrogen-bond acceptors (Lipinski definition) is 3. The highest BCUT2D eigenvalue weighted by Gasteiger charge is 2.45. The van der Waals surface area contributed by atoms with Crippen molar-refractivity contribution in [2.75, 3.05) is 9.80 Å². The molecule has 3 heterocycles. The van der Waals surface area contributed by atoms with Gasteiger partial charge in [-0.2, -0.15) is 0 Å². The van der Waals surface area contributed by atoms with Crippen LogP contribution in [0.5, 0.6) is 0 Å². The third-order valence-corrected chi connectivity index (χ3v) is 10.7. The van der Waals surface area contributed by atoms with Crippen molar-refractivity contribution in [3.05, 3.63) is 174 Å². The summed E-state index contributed by atoms with van der Waals surface area (Å²) in [7, 11) is 0. The van der Waals surface area contributed by atoms with E-state index in [1.165, 1.54) is 61.2 Å². The molecular weight excluding hydrogens is 583 g/mol. The maximum Gasteiger partial charge on any atom is 0.137 e. The van der Waals surface area contributed by atoms with Crippen LogP contribution in [-0.4, -0.2) is 4.98 Å². The molecule has 2 aliphatic rings. The lowest BCUT2D eigenvalue weighted by atomic mass is 9.66. The third kappa shape index (κ3) is 4.10. The fourth-order valence-electron chi connectivity index (χ4n) is 8.15. The topological polar surface area (TPSA) is 19.4 Å². The predicted molar refractivity (Wildman–Crippen MR) is 201 cm³/mol. The van der Waals surface area contributed by atoms with E-state index in [1.54, 1.807) is 0 Å². The van der Waals surface area contributed by atoms with Gasteiger partial charge < -0.3 is 4.90 Å². The summed E-state index contributed by atoms with van der Waals surface area (Å²) in [6.07, 6.45) is 1.86. The van der Waals surface area contributed by atoms with Gasteiger partial charge in [0, 0.05) is 28.1 Å². The van der Waals surface area contributed by atoms with Gasteiger partial charge in [-0.25, -0.2) is 4.98 Å². The highest BCUT2D eigenvalue weighted by Crippen LogP contribution is 2.60. The maximum absolute atomic E-state index is 4.77. The van der Waals surface area contributed by atoms with Crippen molar-refractivity contribution >= 4 is 45.0 Å². The molecule has 0 saturated carbocycles. The third-order valence-electron chi connectivity index (χ3n) is 10.7. The molecule has 9 rings (SSSR count). The lowest BCUT2D eigenvalue weighted by Crippen LogP contribution is -2.38. The number of benzene rings is 6. The van der Waals surface area contributed by atoms with Crippen LogP contribution in [0.1, 0.15) is 49.9 Å². The summed E-state index contributed by atoms with van der Waals surface area (Å²) in [6, 6.07) is 52.9. The summed E-state index contributed by atoms with van der Waals surface area (Å²) in [5.74, 6) is 0.889. The Bertz CT molecular complexity index is 2350. The van der Waals surface area contributed by atoms with E-state index in [0.717, 1.165) is 17.2 Å². The fraction of sp³-hybridized carbons (Fsp3) is 0.133. The van der Waals surface area contributed by atoms with Crippen LogP contribution in [0.15, 0.2) is 152 Å². The van der Waals surface area contributed by atoms with E-state index in [4.69, 9.17) is 4.98 Å². The number of pyridine rings is 1. The minimum absolute atomic E-state index is 0.0805. The molecule has 0 aliphatic carbocycles. The quantitative estimate of drug-likeness (QED) is 0.195. The predicted octanol–water partition coefficient (Wildman–Crippen LogP) is 12.1. The van der Waals surface area contributed by atoms with Crippen LogP contribution in [0.25, 0.3) is 21.9 Å². The van der Waals surface area contributed by atoms with Crippen LogP contribution >= 0.6 is 0 Å². The van der Waals surface area contributed by atoms with Crippen molar-refractivity contribution in [1.29, 1.82) is 0 Å². The molecule has 7 aromatic rings. The summed E-state index contributed by atoms with van der Waals surface area (Å²) in [6.45, 7) is 9.49. The second-order valence-corrected chi connectivity index (χ2v) is 14.1. The molecule has 0 saturated heterocycles. The van der Waals surface area contributed by atoms with Crippen LogP contribution in [0, 0.1) is 0 Å². The Labute approximate surface area is 282 Å². The highest BCUT2D eigenvalue weighted by atomic mass is 15.2. The Balaban J connectivity index is 1.16. The maximum atomic E-state index is 4.77. The van der Waals surface area contributed by atoms with Gasteiger partial charge in [0.05, 0.1) is 22.7 Å². The van der Waals surface area contributed by atoms with Gasteiger partial charge in [0.1, 0.15) is 5.82 Å². The average Bonchev–Trinajstić information content (AvgIpc) is 3.12. The number of anilines is 6. The van der Waals surface area contributed by atoms with Gasteiger partial charge in [0.25, 0.3) is 0 Å². The lowest BCUT2D eigenvalue weighted by Gasteiger charge is -2.49. The van der Waals surface area contributed by atoms with E-state index in [0.29, 0.717) is 0 Å². The monoisotopic (exact) mass is 619 g/mol. The minimum atomic E-state index is -0.167. The number of hydrogen-bond donors (Lipinski definition) is 0. The summed E-state index contributed by atoms with van der Waals surface area (Å²) in [5, 5.41) is 2.40. The molecule has 0 N–H and O–H groups in total. The summed E-state index contributed by atoms with van der Waals surface area (Å²) >= 11 is 0. The van der Waals surface area contributed by atoms with Crippen molar-refractivity contribution < 1.29 is 0 Å². The zero-order valence-corrected chi connectivity index (χ0v) is 27.8. The molecule has 0 atom stereocenters. The van der Waals surface area contributed by atoms with Crippen molar-refractivity contribution in [2.24, 2.45) is 0 Å². The second kappa shape index (κ2) is 10.4. The molecule has 1 aromatic heterocycles. The van der Waals surface area contributed by atoms with E-state index in [1.807, 2.05) is 18.3 Å². The molecule has 48 heavy (non-hydrogen) atoms. The summed E-state index contributed by atoms with van der Waals surface area (Å²) in [4.78, 5) is 9.55. The second-order valence-electron chi connectivity index (χ2n) is 14.1. The van der Waals surface area contributed by atoms with E-state index < -0.39 is 0 Å². The molecule has 6 aromatic carbocycles. The van der Waals surface area contributed by atoms with Gasteiger partial charge in [-0.1, -0.05) is 125 Å². The smallest absolute Gasteiger partial charge is 0.137 e. The first-order valence-corrected chi connectivity index (χ1v) is 16.8. The zero-order valence-electron chi connectivity index (χ0n) is 27.8. The van der Waals surface area contributed by atoms with Gasteiger partial charge in [-0.15, -0.1) is 0 Å².